The maximum Gasteiger partial charge on any atom is 0.287 e. The predicted molar refractivity (Wildman–Crippen MR) is 124 cm³/mol. The van der Waals surface area contributed by atoms with Crippen molar-refractivity contribution in [3.05, 3.63) is 34.9 Å². The third kappa shape index (κ3) is 4.76. The largest absolute Gasteiger partial charge is 0.345 e. The van der Waals surface area contributed by atoms with E-state index in [1.807, 2.05) is 6.07 Å². The van der Waals surface area contributed by atoms with E-state index in [1.54, 1.807) is 12.1 Å². The molecule has 0 bridgehead atoms. The smallest absolute Gasteiger partial charge is 0.287 e. The van der Waals surface area contributed by atoms with Gasteiger partial charge in [0.1, 0.15) is 6.04 Å². The molecule has 2 N–H and O–H groups in total. The van der Waals surface area contributed by atoms with Gasteiger partial charge in [0.25, 0.3) is 11.8 Å². The standard InChI is InChI=1S/C26H33N3O5/c1-26(2,3)17-9-7-15(8-10-17)22(31)24(33)27-13-16-5-4-6-18-19(16)14-29(25(18)34)20-11-12-21(30)28-23(20)32/h4-6,15,17,20H,7-14H2,1-3H3,(H,27,33)(H,28,30,32). The third-order valence-corrected chi connectivity index (χ3v) is 7.66. The molecule has 0 aromatic heterocycles. The first kappa shape index (κ1) is 24.1. The zero-order valence-electron chi connectivity index (χ0n) is 20.1. The van der Waals surface area contributed by atoms with Gasteiger partial charge in [0.05, 0.1) is 0 Å². The summed E-state index contributed by atoms with van der Waals surface area (Å²) < 4.78 is 0. The zero-order chi connectivity index (χ0) is 24.6. The fraction of sp³-hybridized carbons (Fsp3) is 0.577. The highest BCUT2D eigenvalue weighted by Crippen LogP contribution is 2.40. The molecule has 1 atom stereocenters. The topological polar surface area (TPSA) is 113 Å². The van der Waals surface area contributed by atoms with Crippen molar-refractivity contribution in [2.24, 2.45) is 17.3 Å². The second-order valence-corrected chi connectivity index (χ2v) is 10.8. The lowest BCUT2D eigenvalue weighted by Crippen LogP contribution is -2.52. The van der Waals surface area contributed by atoms with Crippen molar-refractivity contribution in [2.45, 2.75) is 78.4 Å². The Kier molecular flexibility index (Phi) is 6.60. The van der Waals surface area contributed by atoms with Gasteiger partial charge in [-0.2, -0.15) is 0 Å². The molecule has 1 saturated carbocycles. The number of Topliss-reactive ketones (excluding diaryl/α,β-unsaturated/α-hetero) is 1. The Labute approximate surface area is 199 Å². The number of nitrogens with zero attached hydrogens (tertiary/aromatic N) is 1. The van der Waals surface area contributed by atoms with E-state index in [4.69, 9.17) is 0 Å². The van der Waals surface area contributed by atoms with Gasteiger partial charge in [-0.3, -0.25) is 29.3 Å². The van der Waals surface area contributed by atoms with Gasteiger partial charge in [-0.15, -0.1) is 0 Å². The van der Waals surface area contributed by atoms with Crippen molar-refractivity contribution in [3.63, 3.8) is 0 Å². The van der Waals surface area contributed by atoms with Crippen LogP contribution in [0.4, 0.5) is 0 Å². The van der Waals surface area contributed by atoms with E-state index in [1.165, 1.54) is 4.90 Å². The molecule has 8 nitrogen and oxygen atoms in total. The first-order valence-electron chi connectivity index (χ1n) is 12.1. The van der Waals surface area contributed by atoms with Crippen LogP contribution in [0.25, 0.3) is 0 Å². The van der Waals surface area contributed by atoms with Crippen LogP contribution in [0.2, 0.25) is 0 Å². The summed E-state index contributed by atoms with van der Waals surface area (Å²) in [6.07, 6.45) is 3.88. The summed E-state index contributed by atoms with van der Waals surface area (Å²) in [7, 11) is 0. The fourth-order valence-electron chi connectivity index (χ4n) is 5.49. The summed E-state index contributed by atoms with van der Waals surface area (Å²) in [5, 5.41) is 5.05. The Bertz CT molecular complexity index is 1030. The van der Waals surface area contributed by atoms with Gasteiger partial charge in [0.15, 0.2) is 0 Å². The highest BCUT2D eigenvalue weighted by Gasteiger charge is 2.40. The number of amides is 4. The monoisotopic (exact) mass is 467 g/mol. The number of hydrogen-bond acceptors (Lipinski definition) is 5. The highest BCUT2D eigenvalue weighted by atomic mass is 16.2. The molecule has 182 valence electrons. The molecule has 4 rings (SSSR count). The van der Waals surface area contributed by atoms with Crippen molar-refractivity contribution in [2.75, 3.05) is 0 Å². The van der Waals surface area contributed by atoms with Gasteiger partial charge in [-0.25, -0.2) is 0 Å². The number of imide groups is 1. The van der Waals surface area contributed by atoms with E-state index in [9.17, 15) is 24.0 Å². The van der Waals surface area contributed by atoms with Crippen molar-refractivity contribution < 1.29 is 24.0 Å². The second kappa shape index (κ2) is 9.31. The predicted octanol–water partition coefficient (Wildman–Crippen LogP) is 2.49. The molecule has 2 fully saturated rings. The fourth-order valence-corrected chi connectivity index (χ4v) is 5.49. The minimum Gasteiger partial charge on any atom is -0.345 e. The van der Waals surface area contributed by atoms with E-state index in [2.05, 4.69) is 31.4 Å². The Morgan fingerprint density at radius 3 is 2.41 bits per heavy atom. The highest BCUT2D eigenvalue weighted by molar-refractivity contribution is 6.36. The average Bonchev–Trinajstić information content (AvgIpc) is 3.13. The Balaban J connectivity index is 1.37. The van der Waals surface area contributed by atoms with Crippen LogP contribution in [0, 0.1) is 17.3 Å². The molecule has 1 aliphatic carbocycles. The van der Waals surface area contributed by atoms with E-state index in [0.29, 0.717) is 17.9 Å². The van der Waals surface area contributed by atoms with Gasteiger partial charge in [-0.1, -0.05) is 32.9 Å². The first-order chi connectivity index (χ1) is 16.1. The Morgan fingerprint density at radius 2 is 1.76 bits per heavy atom. The van der Waals surface area contributed by atoms with Gasteiger partial charge in [-0.05, 0) is 60.6 Å². The maximum absolute atomic E-state index is 12.9. The molecule has 0 radical (unpaired) electrons. The summed E-state index contributed by atoms with van der Waals surface area (Å²) >= 11 is 0. The SMILES string of the molecule is CC(C)(C)C1CCC(C(=O)C(=O)NCc2cccc3c2CN(C2CCC(=O)NC2=O)C3=O)CC1. The Morgan fingerprint density at radius 1 is 1.06 bits per heavy atom. The van der Waals surface area contributed by atoms with Crippen LogP contribution in [0.3, 0.4) is 0 Å². The molecule has 1 aromatic rings. The number of nitrogens with one attached hydrogen (secondary N) is 2. The summed E-state index contributed by atoms with van der Waals surface area (Å²) in [4.78, 5) is 63.5. The van der Waals surface area contributed by atoms with Gasteiger partial charge >= 0.3 is 0 Å². The molecule has 0 spiro atoms. The van der Waals surface area contributed by atoms with Crippen LogP contribution in [-0.2, 0) is 32.3 Å². The van der Waals surface area contributed by atoms with E-state index >= 15 is 0 Å². The van der Waals surface area contributed by atoms with Crippen LogP contribution >= 0.6 is 0 Å². The molecule has 2 aliphatic heterocycles. The lowest BCUT2D eigenvalue weighted by atomic mass is 9.69. The summed E-state index contributed by atoms with van der Waals surface area (Å²) in [5.74, 6) is -1.65. The zero-order valence-corrected chi connectivity index (χ0v) is 20.1. The number of hydrogen-bond donors (Lipinski definition) is 2. The summed E-state index contributed by atoms with van der Waals surface area (Å²) in [5.41, 5.74) is 2.19. The quantitative estimate of drug-likeness (QED) is 0.510. The number of piperidine rings is 1. The molecule has 4 amide bonds. The Hall–Kier alpha value is -3.03. The van der Waals surface area contributed by atoms with E-state index in [-0.39, 0.29) is 48.4 Å². The number of fused-ring (bicyclic) bond motifs is 1. The molecule has 2 heterocycles. The van der Waals surface area contributed by atoms with Crippen LogP contribution in [0.1, 0.15) is 80.8 Å². The van der Waals surface area contributed by atoms with Gasteiger partial charge in [0.2, 0.25) is 17.6 Å². The second-order valence-electron chi connectivity index (χ2n) is 10.8. The third-order valence-electron chi connectivity index (χ3n) is 7.66. The first-order valence-corrected chi connectivity index (χ1v) is 12.1. The van der Waals surface area contributed by atoms with Crippen LogP contribution < -0.4 is 10.6 Å². The molecule has 1 aromatic carbocycles. The number of benzene rings is 1. The number of carbonyl (C=O) groups excluding carboxylic acids is 5. The lowest BCUT2D eigenvalue weighted by molar-refractivity contribution is -0.141. The van der Waals surface area contributed by atoms with Gasteiger partial charge < -0.3 is 10.2 Å². The molecule has 1 saturated heterocycles. The molecular formula is C26H33N3O5. The van der Waals surface area contributed by atoms with E-state index < -0.39 is 17.9 Å². The summed E-state index contributed by atoms with van der Waals surface area (Å²) in [6.45, 7) is 7.03. The maximum atomic E-state index is 12.9. The lowest BCUT2D eigenvalue weighted by Gasteiger charge is -2.36. The van der Waals surface area contributed by atoms with Crippen molar-refractivity contribution >= 4 is 29.4 Å². The number of ketones is 1. The van der Waals surface area contributed by atoms with Crippen LogP contribution in [0.5, 0.6) is 0 Å². The van der Waals surface area contributed by atoms with E-state index in [0.717, 1.165) is 36.8 Å². The average molecular weight is 468 g/mol. The van der Waals surface area contributed by atoms with Crippen LogP contribution in [0.15, 0.2) is 18.2 Å². The normalized spacial score (nSPS) is 25.1. The molecule has 1 unspecified atom stereocenters. The van der Waals surface area contributed by atoms with Crippen molar-refractivity contribution in [1.29, 1.82) is 0 Å². The molecule has 3 aliphatic rings. The number of carbonyl (C=O) groups is 5. The van der Waals surface area contributed by atoms with Crippen LogP contribution in [-0.4, -0.2) is 40.4 Å². The van der Waals surface area contributed by atoms with Crippen molar-refractivity contribution in [1.82, 2.24) is 15.5 Å². The number of rotatable bonds is 5. The molecular weight excluding hydrogens is 434 g/mol. The van der Waals surface area contributed by atoms with Crippen molar-refractivity contribution in [3.8, 4) is 0 Å². The summed E-state index contributed by atoms with van der Waals surface area (Å²) in [6, 6.07) is 4.57. The minimum atomic E-state index is -0.690. The minimum absolute atomic E-state index is 0.140. The molecule has 8 heteroatoms. The molecule has 34 heavy (non-hydrogen) atoms. The van der Waals surface area contributed by atoms with Gasteiger partial charge in [0, 0.05) is 31.0 Å².